The van der Waals surface area contributed by atoms with Crippen LogP contribution in [-0.2, 0) is 11.3 Å². The van der Waals surface area contributed by atoms with E-state index >= 15 is 0 Å². The first-order valence-corrected chi connectivity index (χ1v) is 9.09. The maximum atomic E-state index is 13.0. The minimum Gasteiger partial charge on any atom is -0.481 e. The predicted molar refractivity (Wildman–Crippen MR) is 102 cm³/mol. The van der Waals surface area contributed by atoms with Crippen molar-refractivity contribution >= 4 is 17.5 Å². The number of likely N-dealkylation sites (N-methyl/N-ethyl adjacent to an activating group) is 1. The van der Waals surface area contributed by atoms with Crippen molar-refractivity contribution in [3.05, 3.63) is 65.3 Å². The molecule has 2 aromatic carbocycles. The first-order valence-electron chi connectivity index (χ1n) is 8.72. The molecule has 1 atom stereocenters. The average Bonchev–Trinajstić information content (AvgIpc) is 3.16. The first kappa shape index (κ1) is 19.8. The van der Waals surface area contributed by atoms with Gasteiger partial charge in [0.05, 0.1) is 6.54 Å². The summed E-state index contributed by atoms with van der Waals surface area (Å²) in [5.74, 6) is 0.548. The van der Waals surface area contributed by atoms with Crippen molar-refractivity contribution in [2.75, 3.05) is 7.05 Å². The highest BCUT2D eigenvalue weighted by Crippen LogP contribution is 2.20. The predicted octanol–water partition coefficient (Wildman–Crippen LogP) is 4.35. The summed E-state index contributed by atoms with van der Waals surface area (Å²) in [6, 6.07) is 12.6. The Labute approximate surface area is 166 Å². The molecule has 1 unspecified atom stereocenters. The number of halogens is 2. The van der Waals surface area contributed by atoms with Gasteiger partial charge in [0.1, 0.15) is 11.6 Å². The smallest absolute Gasteiger partial charge is 0.263 e. The molecule has 0 saturated carbocycles. The largest absolute Gasteiger partial charge is 0.481 e. The van der Waals surface area contributed by atoms with E-state index in [2.05, 4.69) is 10.1 Å². The fraction of sp³-hybridized carbons (Fsp3) is 0.250. The third-order valence-electron chi connectivity index (χ3n) is 4.06. The summed E-state index contributed by atoms with van der Waals surface area (Å²) in [4.78, 5) is 18.5. The van der Waals surface area contributed by atoms with Crippen LogP contribution in [0, 0.1) is 5.82 Å². The van der Waals surface area contributed by atoms with Crippen molar-refractivity contribution in [1.29, 1.82) is 0 Å². The summed E-state index contributed by atoms with van der Waals surface area (Å²) in [7, 11) is 1.63. The van der Waals surface area contributed by atoms with Crippen molar-refractivity contribution in [3.63, 3.8) is 0 Å². The van der Waals surface area contributed by atoms with Crippen LogP contribution in [0.25, 0.3) is 11.4 Å². The Morgan fingerprint density at radius 2 is 1.89 bits per heavy atom. The molecule has 3 rings (SSSR count). The number of carbonyl (C=O) groups excluding carboxylic acids is 1. The number of ether oxygens (including phenoxy) is 1. The Hall–Kier alpha value is -2.93. The Morgan fingerprint density at radius 3 is 2.54 bits per heavy atom. The number of amides is 1. The fourth-order valence-electron chi connectivity index (χ4n) is 2.55. The van der Waals surface area contributed by atoms with Crippen LogP contribution in [0.1, 0.15) is 19.2 Å². The molecule has 8 heteroatoms. The molecule has 0 aliphatic rings. The molecule has 0 saturated heterocycles. The quantitative estimate of drug-likeness (QED) is 0.586. The topological polar surface area (TPSA) is 68.5 Å². The molecule has 0 radical (unpaired) electrons. The lowest BCUT2D eigenvalue weighted by molar-refractivity contribution is -0.138. The molecule has 0 N–H and O–H groups in total. The van der Waals surface area contributed by atoms with Crippen LogP contribution in [0.5, 0.6) is 5.75 Å². The maximum absolute atomic E-state index is 13.0. The highest BCUT2D eigenvalue weighted by molar-refractivity contribution is 6.30. The highest BCUT2D eigenvalue weighted by atomic mass is 35.5. The molecule has 28 heavy (non-hydrogen) atoms. The zero-order chi connectivity index (χ0) is 20.1. The third-order valence-corrected chi connectivity index (χ3v) is 4.31. The van der Waals surface area contributed by atoms with Gasteiger partial charge in [-0.15, -0.1) is 0 Å². The van der Waals surface area contributed by atoms with Gasteiger partial charge in [-0.05, 0) is 55.0 Å². The van der Waals surface area contributed by atoms with Crippen LogP contribution < -0.4 is 4.74 Å². The first-order chi connectivity index (χ1) is 13.5. The lowest BCUT2D eigenvalue weighted by Crippen LogP contribution is -2.39. The second-order valence-electron chi connectivity index (χ2n) is 6.18. The Kier molecular flexibility index (Phi) is 6.26. The number of aromatic nitrogens is 2. The number of rotatable bonds is 7. The van der Waals surface area contributed by atoms with Crippen LogP contribution in [0.4, 0.5) is 4.39 Å². The minimum atomic E-state index is -0.700. The third kappa shape index (κ3) is 4.86. The SMILES string of the molecule is CCC(Oc1ccc(F)cc1)C(=O)N(C)Cc1nc(-c2ccc(Cl)cc2)no1. The van der Waals surface area contributed by atoms with E-state index < -0.39 is 6.10 Å². The number of benzene rings is 2. The van der Waals surface area contributed by atoms with Crippen molar-refractivity contribution in [2.45, 2.75) is 26.0 Å². The number of hydrogen-bond donors (Lipinski definition) is 0. The van der Waals surface area contributed by atoms with E-state index in [1.165, 1.54) is 29.2 Å². The molecule has 0 aliphatic carbocycles. The maximum Gasteiger partial charge on any atom is 0.263 e. The van der Waals surface area contributed by atoms with E-state index in [9.17, 15) is 9.18 Å². The van der Waals surface area contributed by atoms with E-state index in [-0.39, 0.29) is 18.3 Å². The second-order valence-corrected chi connectivity index (χ2v) is 6.62. The van der Waals surface area contributed by atoms with Crippen LogP contribution in [0.3, 0.4) is 0 Å². The minimum absolute atomic E-state index is 0.142. The molecule has 0 aliphatic heterocycles. The monoisotopic (exact) mass is 403 g/mol. The molecular formula is C20H19ClFN3O3. The van der Waals surface area contributed by atoms with Crippen LogP contribution in [-0.4, -0.2) is 34.1 Å². The Morgan fingerprint density at radius 1 is 1.21 bits per heavy atom. The van der Waals surface area contributed by atoms with Gasteiger partial charge in [0.15, 0.2) is 6.10 Å². The van der Waals surface area contributed by atoms with Crippen molar-refractivity contribution in [3.8, 4) is 17.1 Å². The molecular weight excluding hydrogens is 385 g/mol. The van der Waals surface area contributed by atoms with E-state index in [1.54, 1.807) is 31.3 Å². The van der Waals surface area contributed by atoms with E-state index in [0.29, 0.717) is 28.9 Å². The molecule has 3 aromatic rings. The van der Waals surface area contributed by atoms with Crippen LogP contribution in [0.15, 0.2) is 53.1 Å². The summed E-state index contributed by atoms with van der Waals surface area (Å²) in [5, 5.41) is 4.55. The zero-order valence-corrected chi connectivity index (χ0v) is 16.2. The standard InChI is InChI=1S/C20H19ClFN3O3/c1-3-17(27-16-10-8-15(22)9-11-16)20(26)25(2)12-18-23-19(24-28-18)13-4-6-14(21)7-5-13/h4-11,17H,3,12H2,1-2H3. The zero-order valence-electron chi connectivity index (χ0n) is 15.4. The normalized spacial score (nSPS) is 11.9. The van der Waals surface area contributed by atoms with Crippen molar-refractivity contribution < 1.29 is 18.4 Å². The van der Waals surface area contributed by atoms with E-state index in [1.807, 2.05) is 6.92 Å². The lowest BCUT2D eigenvalue weighted by Gasteiger charge is -2.22. The molecule has 0 fully saturated rings. The molecule has 0 spiro atoms. The summed E-state index contributed by atoms with van der Waals surface area (Å²) >= 11 is 5.88. The summed E-state index contributed by atoms with van der Waals surface area (Å²) in [5.41, 5.74) is 0.763. The van der Waals surface area contributed by atoms with Gasteiger partial charge in [0, 0.05) is 17.6 Å². The van der Waals surface area contributed by atoms with Gasteiger partial charge < -0.3 is 14.2 Å². The highest BCUT2D eigenvalue weighted by Gasteiger charge is 2.24. The van der Waals surface area contributed by atoms with Gasteiger partial charge in [-0.2, -0.15) is 4.98 Å². The molecule has 146 valence electrons. The summed E-state index contributed by atoms with van der Waals surface area (Å²) < 4.78 is 24.0. The Balaban J connectivity index is 1.64. The molecule has 6 nitrogen and oxygen atoms in total. The molecule has 1 aromatic heterocycles. The number of carbonyl (C=O) groups is 1. The number of hydrogen-bond acceptors (Lipinski definition) is 5. The second kappa shape index (κ2) is 8.84. The average molecular weight is 404 g/mol. The summed E-state index contributed by atoms with van der Waals surface area (Å²) in [6.07, 6.45) is -0.241. The van der Waals surface area contributed by atoms with Gasteiger partial charge in [-0.1, -0.05) is 23.7 Å². The summed E-state index contributed by atoms with van der Waals surface area (Å²) in [6.45, 7) is 1.98. The number of nitrogens with zero attached hydrogens (tertiary/aromatic N) is 3. The van der Waals surface area contributed by atoms with Gasteiger partial charge in [0.25, 0.3) is 5.91 Å². The van der Waals surface area contributed by atoms with E-state index in [0.717, 1.165) is 5.56 Å². The lowest BCUT2D eigenvalue weighted by atomic mass is 10.2. The van der Waals surface area contributed by atoms with Crippen molar-refractivity contribution in [1.82, 2.24) is 15.0 Å². The van der Waals surface area contributed by atoms with Gasteiger partial charge in [0.2, 0.25) is 11.7 Å². The Bertz CT molecular complexity index is 929. The van der Waals surface area contributed by atoms with Gasteiger partial charge in [-0.25, -0.2) is 4.39 Å². The van der Waals surface area contributed by atoms with E-state index in [4.69, 9.17) is 20.9 Å². The van der Waals surface area contributed by atoms with Gasteiger partial charge in [-0.3, -0.25) is 4.79 Å². The fourth-order valence-corrected chi connectivity index (χ4v) is 2.67. The van der Waals surface area contributed by atoms with Crippen molar-refractivity contribution in [2.24, 2.45) is 0 Å². The molecule has 1 heterocycles. The van der Waals surface area contributed by atoms with Crippen LogP contribution >= 0.6 is 11.6 Å². The molecule has 0 bridgehead atoms. The van der Waals surface area contributed by atoms with Crippen LogP contribution in [0.2, 0.25) is 5.02 Å². The molecule has 1 amide bonds. The van der Waals surface area contributed by atoms with Gasteiger partial charge >= 0.3 is 0 Å².